The van der Waals surface area contributed by atoms with Gasteiger partial charge in [0.25, 0.3) is 0 Å². The number of hydrogen-bond donors (Lipinski definition) is 6. The first-order chi connectivity index (χ1) is 26.8. The molecule has 6 rings (SSSR count). The summed E-state index contributed by atoms with van der Waals surface area (Å²) in [5, 5.41) is 2.97. The fourth-order valence-electron chi connectivity index (χ4n) is 3.96. The van der Waals surface area contributed by atoms with Crippen LogP contribution in [0.5, 0.6) is 0 Å². The first-order valence-corrected chi connectivity index (χ1v) is 22.9. The topological polar surface area (TPSA) is 156 Å². The molecule has 0 unspecified atom stereocenters. The first-order valence-electron chi connectivity index (χ1n) is 16.3. The van der Waals surface area contributed by atoms with Crippen LogP contribution in [0.25, 0.3) is 0 Å². The molecule has 0 aliphatic heterocycles. The van der Waals surface area contributed by atoms with E-state index in [9.17, 15) is 0 Å². The number of benzene rings is 6. The standard InChI is InChI=1S/C8H8BrN.C8H10BrN.C7H7BrClN.C6H4BrCl2N.2C6H5BrClN.CH4.6Y/c1-5-3-7(10)4-6(2)8(5)9;1-5-3-7(9)4-6(2)8(5)10;1-4-2-5(8)6(9)3-7(4)10;7-3-1-5(9)6(10)2-4(3)8;7-4-1-2-6(9)5(8)3-4;7-5-2-1-4(9)3-6(5)8;;;;;;;/h10H2,1-2H3;3-4H,10H2,1-2H3;2-3H,10H2,1H3;1-2H,10H2;2*1-3H,9H2;1H4;;;;;;/q-2;;;;;;;;;;;;. The fourth-order valence-corrected chi connectivity index (χ4v) is 7.40. The minimum absolute atomic E-state index is 0. The fraction of sp³-hybridized carbons (Fsp3) is 0.143. The molecule has 6 aromatic carbocycles. The summed E-state index contributed by atoms with van der Waals surface area (Å²) in [5.41, 5.74) is 42.5. The normalized spacial score (nSPS) is 8.74. The number of hydrogen-bond acceptors (Lipinski definition) is 6. The molecule has 12 N–H and O–H groups in total. The van der Waals surface area contributed by atoms with Gasteiger partial charge in [0.05, 0.1) is 36.5 Å². The van der Waals surface area contributed by atoms with Crippen LogP contribution in [-0.2, 0) is 196 Å². The third-order valence-electron chi connectivity index (χ3n) is 7.12. The average molecular weight is 1820 g/mol. The molecule has 0 aliphatic carbocycles. The molecule has 0 spiro atoms. The van der Waals surface area contributed by atoms with Crippen molar-refractivity contribution in [1.29, 1.82) is 0 Å². The Bertz CT molecular complexity index is 2040. The zero-order valence-electron chi connectivity index (χ0n) is 35.0. The molecule has 0 heterocycles. The van der Waals surface area contributed by atoms with E-state index in [1.807, 2.05) is 65.0 Å². The van der Waals surface area contributed by atoms with Crippen molar-refractivity contribution in [2.75, 3.05) is 34.4 Å². The van der Waals surface area contributed by atoms with Gasteiger partial charge < -0.3 is 46.5 Å². The van der Waals surface area contributed by atoms with Gasteiger partial charge >= 0.3 is 0 Å². The quantitative estimate of drug-likeness (QED) is 0.0505. The van der Waals surface area contributed by atoms with Crippen LogP contribution >= 0.6 is 154 Å². The van der Waals surface area contributed by atoms with E-state index in [0.29, 0.717) is 47.9 Å². The minimum Gasteiger partial charge on any atom is -0.443 e. The number of rotatable bonds is 0. The van der Waals surface area contributed by atoms with E-state index in [2.05, 4.69) is 108 Å². The summed E-state index contributed by atoms with van der Waals surface area (Å²) in [7, 11) is 0. The number of anilines is 6. The second-order valence-electron chi connectivity index (χ2n) is 11.9. The zero-order chi connectivity index (χ0) is 44.6. The van der Waals surface area contributed by atoms with E-state index >= 15 is 0 Å². The minimum atomic E-state index is 0. The van der Waals surface area contributed by atoms with Crippen LogP contribution in [0.15, 0.2) is 99.6 Å². The van der Waals surface area contributed by atoms with Crippen LogP contribution < -0.4 is 34.4 Å². The molecule has 0 aromatic heterocycles. The van der Waals surface area contributed by atoms with Gasteiger partial charge in [-0.2, -0.15) is 0 Å². The molecule has 0 amide bonds. The summed E-state index contributed by atoms with van der Waals surface area (Å²) in [6.45, 7) is 9.87. The maximum Gasteiger partial charge on any atom is 0.0647 e. The molecule has 0 atom stereocenters. The molecule has 0 saturated heterocycles. The Morgan fingerprint density at radius 1 is 0.400 bits per heavy atom. The molecule has 0 fully saturated rings. The van der Waals surface area contributed by atoms with Gasteiger partial charge in [-0.05, 0) is 158 Å². The molecule has 0 aliphatic rings. The van der Waals surface area contributed by atoms with E-state index in [1.165, 1.54) is 0 Å². The Morgan fingerprint density at radius 2 is 0.815 bits per heavy atom. The molecule has 23 heteroatoms. The Balaban J connectivity index is -0.000000122. The molecule has 6 nitrogen and oxygen atoms in total. The molecule has 0 bridgehead atoms. The summed E-state index contributed by atoms with van der Waals surface area (Å²) in [6.07, 6.45) is 0. The Kier molecular flexibility index (Phi) is 57.2. The van der Waals surface area contributed by atoms with E-state index in [0.717, 1.165) is 66.0 Å². The zero-order valence-corrected chi connectivity index (χ0v) is 65.3. The molecule has 0 saturated carbocycles. The van der Waals surface area contributed by atoms with Gasteiger partial charge in [-0.1, -0.05) is 111 Å². The van der Waals surface area contributed by atoms with Crippen molar-refractivity contribution in [3.8, 4) is 0 Å². The van der Waals surface area contributed by atoms with Crippen molar-refractivity contribution in [3.05, 3.63) is 165 Å². The van der Waals surface area contributed by atoms with Gasteiger partial charge in [-0.25, -0.2) is 26.1 Å². The molecule has 6 radical (unpaired) electrons. The smallest absolute Gasteiger partial charge is 0.0647 e. The van der Waals surface area contributed by atoms with Gasteiger partial charge in [0.1, 0.15) is 0 Å². The molecule has 338 valence electrons. The van der Waals surface area contributed by atoms with Gasteiger partial charge in [0.2, 0.25) is 0 Å². The van der Waals surface area contributed by atoms with E-state index in [-0.39, 0.29) is 204 Å². The van der Waals surface area contributed by atoms with E-state index in [1.54, 1.807) is 42.5 Å². The van der Waals surface area contributed by atoms with Crippen molar-refractivity contribution < 1.29 is 196 Å². The van der Waals surface area contributed by atoms with Gasteiger partial charge in [0, 0.05) is 236 Å². The molecule has 6 aromatic rings. The molecular formula is C42H43Br6Cl5N6Y6-2. The Hall–Kier alpha value is 5.07. The predicted octanol–water partition coefficient (Wildman–Crippen LogP) is 17.2. The van der Waals surface area contributed by atoms with Crippen LogP contribution in [-0.4, -0.2) is 0 Å². The maximum atomic E-state index is 5.76. The van der Waals surface area contributed by atoms with Gasteiger partial charge in [-0.3, -0.25) is 11.1 Å². The van der Waals surface area contributed by atoms with Crippen LogP contribution in [0.1, 0.15) is 35.2 Å². The van der Waals surface area contributed by atoms with Crippen molar-refractivity contribution >= 4 is 188 Å². The third-order valence-corrected chi connectivity index (χ3v) is 13.5. The number of aryl methyl sites for hydroxylation is 5. The number of nitrogen functional groups attached to an aromatic ring is 6. The number of halogens is 11. The predicted molar refractivity (Wildman–Crippen MR) is 284 cm³/mol. The molecular weight excluding hydrogens is 1780 g/mol. The monoisotopic (exact) mass is 1810 g/mol. The molecule has 65 heavy (non-hydrogen) atoms. The SMILES string of the molecule is C.Cc1[c-]c(N)[c-]c(C)c1Br.Cc1cc(Br)c(Cl)cc1N.Cc1cc(Br)cc(C)c1N.Nc1cc(Cl)c(Br)cc1Cl.Nc1ccc(Br)c(Cl)c1.Nc1ccc(Br)cc1Cl.[Y].[Y].[Y].[Y].[Y].[Y]. The van der Waals surface area contributed by atoms with Crippen molar-refractivity contribution in [2.24, 2.45) is 0 Å². The summed E-state index contributed by atoms with van der Waals surface area (Å²) in [5.74, 6) is 0. The van der Waals surface area contributed by atoms with E-state index in [4.69, 9.17) is 92.4 Å². The second kappa shape index (κ2) is 44.2. The summed E-state index contributed by atoms with van der Waals surface area (Å²) < 4.78 is 5.60. The first kappa shape index (κ1) is 84.0. The van der Waals surface area contributed by atoms with Crippen LogP contribution in [0.3, 0.4) is 0 Å². The summed E-state index contributed by atoms with van der Waals surface area (Å²) in [6, 6.07) is 27.5. The Morgan fingerprint density at radius 3 is 1.20 bits per heavy atom. The van der Waals surface area contributed by atoms with E-state index < -0.39 is 0 Å². The number of nitrogens with two attached hydrogens (primary N) is 6. The third kappa shape index (κ3) is 34.4. The summed E-state index contributed by atoms with van der Waals surface area (Å²) >= 11 is 48.3. The van der Waals surface area contributed by atoms with Crippen molar-refractivity contribution in [1.82, 2.24) is 0 Å². The van der Waals surface area contributed by atoms with Crippen molar-refractivity contribution in [3.63, 3.8) is 0 Å². The Labute approximate surface area is 612 Å². The van der Waals surface area contributed by atoms with Gasteiger partial charge in [-0.15, -0.1) is 0 Å². The second-order valence-corrected chi connectivity index (χ2v) is 19.2. The largest absolute Gasteiger partial charge is 0.443 e. The van der Waals surface area contributed by atoms with Crippen molar-refractivity contribution in [2.45, 2.75) is 42.0 Å². The average Bonchev–Trinajstić information content (AvgIpc) is 3.12. The summed E-state index contributed by atoms with van der Waals surface area (Å²) in [4.78, 5) is 0. The van der Waals surface area contributed by atoms with Crippen LogP contribution in [0.4, 0.5) is 34.1 Å². The van der Waals surface area contributed by atoms with Crippen LogP contribution in [0.2, 0.25) is 25.1 Å². The maximum absolute atomic E-state index is 5.76. The van der Waals surface area contributed by atoms with Crippen LogP contribution in [0, 0.1) is 46.8 Å². The van der Waals surface area contributed by atoms with Gasteiger partial charge in [0.15, 0.2) is 0 Å².